The number of anilines is 1. The van der Waals surface area contributed by atoms with Crippen LogP contribution in [-0.2, 0) is 23.0 Å². The van der Waals surface area contributed by atoms with E-state index in [-0.39, 0.29) is 10.9 Å². The van der Waals surface area contributed by atoms with Gasteiger partial charge in [0.15, 0.2) is 0 Å². The summed E-state index contributed by atoms with van der Waals surface area (Å²) in [6.07, 6.45) is 0.673. The zero-order valence-corrected chi connectivity index (χ0v) is 17.9. The van der Waals surface area contributed by atoms with Crippen LogP contribution in [0.3, 0.4) is 0 Å². The Morgan fingerprint density at radius 1 is 0.935 bits per heavy atom. The van der Waals surface area contributed by atoms with Crippen molar-refractivity contribution in [2.75, 3.05) is 18.9 Å². The van der Waals surface area contributed by atoms with Gasteiger partial charge in [0.05, 0.1) is 4.90 Å². The summed E-state index contributed by atoms with van der Waals surface area (Å²) in [5, 5.41) is 2.89. The Labute approximate surface area is 181 Å². The second-order valence-corrected chi connectivity index (χ2v) is 9.07. The number of ether oxygens (including phenoxy) is 1. The van der Waals surface area contributed by atoms with E-state index in [2.05, 4.69) is 10.0 Å². The molecule has 31 heavy (non-hydrogen) atoms. The molecule has 0 unspecified atom stereocenters. The molecule has 0 fully saturated rings. The molecule has 0 bridgehead atoms. The predicted octanol–water partition coefficient (Wildman–Crippen LogP) is 3.98. The normalized spacial score (nSPS) is 13.4. The standard InChI is InChI=1S/C23H23N3O4S/c1-24-31(28,29)22-12-7-17-13-14-26(16-18(17)15-22)23(27)25-19-8-10-21(11-9-19)30-20-5-3-2-4-6-20/h2-12,15,24H,13-14,16H2,1H3,(H,25,27). The van der Waals surface area contributed by atoms with Crippen molar-refractivity contribution in [2.24, 2.45) is 0 Å². The number of carbonyl (C=O) groups is 1. The second-order valence-electron chi connectivity index (χ2n) is 7.18. The number of hydrogen-bond donors (Lipinski definition) is 2. The van der Waals surface area contributed by atoms with E-state index < -0.39 is 10.0 Å². The lowest BCUT2D eigenvalue weighted by atomic mass is 10.0. The zero-order valence-electron chi connectivity index (χ0n) is 17.0. The molecule has 7 nitrogen and oxygen atoms in total. The number of carbonyl (C=O) groups excluding carboxylic acids is 1. The first-order valence-corrected chi connectivity index (χ1v) is 11.4. The summed E-state index contributed by atoms with van der Waals surface area (Å²) >= 11 is 0. The first-order chi connectivity index (χ1) is 14.9. The third-order valence-electron chi connectivity index (χ3n) is 5.14. The van der Waals surface area contributed by atoms with Crippen LogP contribution in [-0.4, -0.2) is 32.9 Å². The molecule has 0 saturated heterocycles. The number of benzene rings is 3. The summed E-state index contributed by atoms with van der Waals surface area (Å²) in [5.74, 6) is 1.42. The first kappa shape index (κ1) is 20.9. The molecule has 4 rings (SSSR count). The van der Waals surface area contributed by atoms with Gasteiger partial charge in [-0.1, -0.05) is 24.3 Å². The summed E-state index contributed by atoms with van der Waals surface area (Å²) in [6.45, 7) is 0.912. The highest BCUT2D eigenvalue weighted by Gasteiger charge is 2.23. The van der Waals surface area contributed by atoms with E-state index in [9.17, 15) is 13.2 Å². The molecule has 0 atom stereocenters. The zero-order chi connectivity index (χ0) is 21.8. The van der Waals surface area contributed by atoms with E-state index in [1.54, 1.807) is 41.3 Å². The van der Waals surface area contributed by atoms with Crippen molar-refractivity contribution in [1.29, 1.82) is 0 Å². The highest BCUT2D eigenvalue weighted by atomic mass is 32.2. The van der Waals surface area contributed by atoms with E-state index in [4.69, 9.17) is 4.74 Å². The van der Waals surface area contributed by atoms with Gasteiger partial charge < -0.3 is 15.0 Å². The molecule has 160 valence electrons. The van der Waals surface area contributed by atoms with E-state index in [1.165, 1.54) is 7.05 Å². The highest BCUT2D eigenvalue weighted by molar-refractivity contribution is 7.89. The molecule has 2 amide bonds. The topological polar surface area (TPSA) is 87.7 Å². The van der Waals surface area contributed by atoms with Gasteiger partial charge in [-0.25, -0.2) is 17.9 Å². The van der Waals surface area contributed by atoms with Gasteiger partial charge in [0, 0.05) is 18.8 Å². The maximum absolute atomic E-state index is 12.7. The molecule has 1 heterocycles. The van der Waals surface area contributed by atoms with Crippen LogP contribution in [0.15, 0.2) is 77.7 Å². The summed E-state index contributed by atoms with van der Waals surface area (Å²) in [4.78, 5) is 14.6. The van der Waals surface area contributed by atoms with Gasteiger partial charge in [-0.05, 0) is 73.1 Å². The Hall–Kier alpha value is -3.36. The molecule has 0 radical (unpaired) electrons. The molecule has 0 aliphatic carbocycles. The number of sulfonamides is 1. The minimum atomic E-state index is -3.53. The third-order valence-corrected chi connectivity index (χ3v) is 6.55. The first-order valence-electron chi connectivity index (χ1n) is 9.89. The van der Waals surface area contributed by atoms with Crippen molar-refractivity contribution in [2.45, 2.75) is 17.9 Å². The number of amides is 2. The fourth-order valence-corrected chi connectivity index (χ4v) is 4.21. The molecule has 8 heteroatoms. The Morgan fingerprint density at radius 3 is 2.35 bits per heavy atom. The van der Waals surface area contributed by atoms with Crippen molar-refractivity contribution in [3.05, 3.63) is 83.9 Å². The maximum Gasteiger partial charge on any atom is 0.322 e. The van der Waals surface area contributed by atoms with E-state index in [1.807, 2.05) is 36.4 Å². The monoisotopic (exact) mass is 437 g/mol. The fourth-order valence-electron chi connectivity index (χ4n) is 3.43. The number of hydrogen-bond acceptors (Lipinski definition) is 4. The number of rotatable bonds is 5. The quantitative estimate of drug-likeness (QED) is 0.632. The van der Waals surface area contributed by atoms with Crippen molar-refractivity contribution >= 4 is 21.7 Å². The molecule has 1 aliphatic rings. The Bertz CT molecular complexity index is 1180. The smallest absolute Gasteiger partial charge is 0.322 e. The van der Waals surface area contributed by atoms with Crippen LogP contribution < -0.4 is 14.8 Å². The van der Waals surface area contributed by atoms with Crippen molar-refractivity contribution in [3.8, 4) is 11.5 Å². The number of para-hydroxylation sites is 1. The SMILES string of the molecule is CNS(=O)(=O)c1ccc2c(c1)CN(C(=O)Nc1ccc(Oc3ccccc3)cc1)CC2. The molecule has 3 aromatic carbocycles. The van der Waals surface area contributed by atoms with Crippen LogP contribution in [0.4, 0.5) is 10.5 Å². The minimum absolute atomic E-state index is 0.199. The largest absolute Gasteiger partial charge is 0.457 e. The lowest BCUT2D eigenvalue weighted by Gasteiger charge is -2.29. The molecule has 2 N–H and O–H groups in total. The average Bonchev–Trinajstić information content (AvgIpc) is 2.80. The van der Waals surface area contributed by atoms with E-state index in [0.717, 1.165) is 16.9 Å². The van der Waals surface area contributed by atoms with Gasteiger partial charge in [0.25, 0.3) is 0 Å². The minimum Gasteiger partial charge on any atom is -0.457 e. The highest BCUT2D eigenvalue weighted by Crippen LogP contribution is 2.25. The molecule has 0 saturated carbocycles. The molecular formula is C23H23N3O4S. The van der Waals surface area contributed by atoms with Crippen LogP contribution >= 0.6 is 0 Å². The molecule has 0 spiro atoms. The predicted molar refractivity (Wildman–Crippen MR) is 119 cm³/mol. The Morgan fingerprint density at radius 2 is 1.65 bits per heavy atom. The molecular weight excluding hydrogens is 414 g/mol. The van der Waals surface area contributed by atoms with Crippen LogP contribution in [0.1, 0.15) is 11.1 Å². The van der Waals surface area contributed by atoms with E-state index in [0.29, 0.717) is 30.9 Å². The lowest BCUT2D eigenvalue weighted by molar-refractivity contribution is 0.206. The van der Waals surface area contributed by atoms with Gasteiger partial charge in [-0.15, -0.1) is 0 Å². The third kappa shape index (κ3) is 4.87. The fraction of sp³-hybridized carbons (Fsp3) is 0.174. The lowest BCUT2D eigenvalue weighted by Crippen LogP contribution is -2.39. The molecule has 1 aliphatic heterocycles. The van der Waals surface area contributed by atoms with Crippen LogP contribution in [0, 0.1) is 0 Å². The van der Waals surface area contributed by atoms with Crippen LogP contribution in [0.25, 0.3) is 0 Å². The summed E-state index contributed by atoms with van der Waals surface area (Å²) < 4.78 is 32.2. The van der Waals surface area contributed by atoms with Crippen LogP contribution in [0.2, 0.25) is 0 Å². The number of nitrogens with zero attached hydrogens (tertiary/aromatic N) is 1. The van der Waals surface area contributed by atoms with Gasteiger partial charge >= 0.3 is 6.03 Å². The number of nitrogens with one attached hydrogen (secondary N) is 2. The molecule has 0 aromatic heterocycles. The summed E-state index contributed by atoms with van der Waals surface area (Å²) in [6, 6.07) is 21.4. The Balaban J connectivity index is 1.41. The molecule has 3 aromatic rings. The van der Waals surface area contributed by atoms with E-state index >= 15 is 0 Å². The average molecular weight is 438 g/mol. The van der Waals surface area contributed by atoms with Crippen molar-refractivity contribution in [3.63, 3.8) is 0 Å². The van der Waals surface area contributed by atoms with Crippen molar-refractivity contribution in [1.82, 2.24) is 9.62 Å². The summed E-state index contributed by atoms with van der Waals surface area (Å²) in [5.41, 5.74) is 2.55. The van der Waals surface area contributed by atoms with Crippen LogP contribution in [0.5, 0.6) is 11.5 Å². The Kier molecular flexibility index (Phi) is 5.92. The van der Waals surface area contributed by atoms with Gasteiger partial charge in [0.2, 0.25) is 10.0 Å². The number of fused-ring (bicyclic) bond motifs is 1. The second kappa shape index (κ2) is 8.79. The maximum atomic E-state index is 12.7. The summed E-state index contributed by atoms with van der Waals surface area (Å²) in [7, 11) is -2.15. The van der Waals surface area contributed by atoms with Gasteiger partial charge in [-0.3, -0.25) is 0 Å². The number of urea groups is 1. The van der Waals surface area contributed by atoms with Gasteiger partial charge in [-0.2, -0.15) is 0 Å². The van der Waals surface area contributed by atoms with Gasteiger partial charge in [0.1, 0.15) is 11.5 Å². The van der Waals surface area contributed by atoms with Crippen molar-refractivity contribution < 1.29 is 17.9 Å².